The molecule has 1 aromatic carbocycles. The molecule has 3 nitrogen and oxygen atoms in total. The van der Waals surface area contributed by atoms with Crippen molar-refractivity contribution >= 4 is 40.2 Å². The van der Waals surface area contributed by atoms with Crippen LogP contribution in [0.3, 0.4) is 0 Å². The highest BCUT2D eigenvalue weighted by Gasteiger charge is 2.22. The first-order chi connectivity index (χ1) is 9.77. The molecule has 0 aliphatic carbocycles. The predicted octanol–water partition coefficient (Wildman–Crippen LogP) is 4.39. The molecule has 112 valence electrons. The molecule has 0 saturated heterocycles. The van der Waals surface area contributed by atoms with Gasteiger partial charge in [0.2, 0.25) is 0 Å². The van der Waals surface area contributed by atoms with Crippen molar-refractivity contribution < 1.29 is 4.39 Å². The third-order valence-electron chi connectivity index (χ3n) is 2.80. The van der Waals surface area contributed by atoms with Gasteiger partial charge in [-0.05, 0) is 40.8 Å². The van der Waals surface area contributed by atoms with E-state index in [1.54, 1.807) is 6.07 Å². The van der Waals surface area contributed by atoms with Gasteiger partial charge in [0.05, 0.1) is 15.0 Å². The van der Waals surface area contributed by atoms with Gasteiger partial charge in [0.15, 0.2) is 0 Å². The molecule has 0 atom stereocenters. The van der Waals surface area contributed by atoms with Gasteiger partial charge in [0.1, 0.15) is 17.5 Å². The van der Waals surface area contributed by atoms with Crippen LogP contribution >= 0.6 is 34.4 Å². The van der Waals surface area contributed by atoms with E-state index < -0.39 is 0 Å². The topological polar surface area (TPSA) is 51.8 Å². The maximum Gasteiger partial charge on any atom is 0.141 e. The fourth-order valence-corrected chi connectivity index (χ4v) is 3.62. The first-order valence-corrected chi connectivity index (χ1v) is 8.54. The van der Waals surface area contributed by atoms with Crippen LogP contribution in [0.5, 0.6) is 0 Å². The average molecular weight is 417 g/mol. The molecule has 0 aliphatic heterocycles. The van der Waals surface area contributed by atoms with Crippen LogP contribution in [0.4, 0.5) is 10.2 Å². The Morgan fingerprint density at radius 1 is 1.29 bits per heavy atom. The largest absolute Gasteiger partial charge is 0.383 e. The summed E-state index contributed by atoms with van der Waals surface area (Å²) in [4.78, 5) is 9.81. The van der Waals surface area contributed by atoms with Gasteiger partial charge in [0, 0.05) is 10.3 Å². The van der Waals surface area contributed by atoms with Gasteiger partial charge in [-0.15, -0.1) is 11.8 Å². The molecule has 2 N–H and O–H groups in total. The molecule has 0 saturated carbocycles. The lowest BCUT2D eigenvalue weighted by Gasteiger charge is -2.20. The lowest BCUT2D eigenvalue weighted by molar-refractivity contribution is 0.560. The minimum absolute atomic E-state index is 0.0914. The van der Waals surface area contributed by atoms with Gasteiger partial charge < -0.3 is 5.73 Å². The summed E-state index contributed by atoms with van der Waals surface area (Å²) in [6, 6.07) is 6.50. The van der Waals surface area contributed by atoms with Crippen molar-refractivity contribution in [1.82, 2.24) is 9.97 Å². The molecule has 0 fully saturated rings. The predicted molar refractivity (Wildman–Crippen MR) is 93.8 cm³/mol. The molecule has 0 unspecified atom stereocenters. The number of anilines is 1. The van der Waals surface area contributed by atoms with Crippen LogP contribution in [-0.4, -0.2) is 9.97 Å². The quantitative estimate of drug-likeness (QED) is 0.595. The minimum Gasteiger partial charge on any atom is -0.383 e. The number of nitrogen functional groups attached to an aromatic ring is 1. The fraction of sp³-hybridized carbons (Fsp3) is 0.333. The second-order valence-electron chi connectivity index (χ2n) is 5.68. The SMILES string of the molecule is CC(C)(C)c1nc(CSc2cccc(F)c2)nc(N)c1I. The minimum atomic E-state index is -0.238. The number of thioether (sulfide) groups is 1. The monoisotopic (exact) mass is 417 g/mol. The van der Waals surface area contributed by atoms with Crippen molar-refractivity contribution in [2.45, 2.75) is 36.8 Å². The van der Waals surface area contributed by atoms with Crippen LogP contribution in [0.2, 0.25) is 0 Å². The lowest BCUT2D eigenvalue weighted by atomic mass is 9.92. The summed E-state index contributed by atoms with van der Waals surface area (Å²) in [7, 11) is 0. The second-order valence-corrected chi connectivity index (χ2v) is 7.81. The number of aromatic nitrogens is 2. The van der Waals surface area contributed by atoms with Crippen LogP contribution in [0, 0.1) is 9.39 Å². The molecule has 2 aromatic rings. The van der Waals surface area contributed by atoms with Gasteiger partial charge in [-0.2, -0.15) is 0 Å². The van der Waals surface area contributed by atoms with Gasteiger partial charge in [-0.25, -0.2) is 14.4 Å². The van der Waals surface area contributed by atoms with Gasteiger partial charge >= 0.3 is 0 Å². The Morgan fingerprint density at radius 3 is 2.62 bits per heavy atom. The van der Waals surface area contributed by atoms with Crippen molar-refractivity contribution in [3.8, 4) is 0 Å². The van der Waals surface area contributed by atoms with E-state index in [1.165, 1.54) is 23.9 Å². The average Bonchev–Trinajstić information content (AvgIpc) is 2.38. The van der Waals surface area contributed by atoms with E-state index in [1.807, 2.05) is 6.07 Å². The lowest BCUT2D eigenvalue weighted by Crippen LogP contribution is -2.19. The number of hydrogen-bond donors (Lipinski definition) is 1. The van der Waals surface area contributed by atoms with E-state index >= 15 is 0 Å². The molecule has 21 heavy (non-hydrogen) atoms. The number of hydrogen-bond acceptors (Lipinski definition) is 4. The zero-order valence-corrected chi connectivity index (χ0v) is 15.1. The van der Waals surface area contributed by atoms with Crippen molar-refractivity contribution in [2.24, 2.45) is 0 Å². The van der Waals surface area contributed by atoms with E-state index in [-0.39, 0.29) is 11.2 Å². The first kappa shape index (κ1) is 16.5. The second kappa shape index (κ2) is 6.48. The van der Waals surface area contributed by atoms with E-state index in [4.69, 9.17) is 5.73 Å². The van der Waals surface area contributed by atoms with Crippen molar-refractivity contribution in [2.75, 3.05) is 5.73 Å². The normalized spacial score (nSPS) is 11.7. The highest BCUT2D eigenvalue weighted by Crippen LogP contribution is 2.29. The Balaban J connectivity index is 2.23. The molecule has 0 radical (unpaired) electrons. The summed E-state index contributed by atoms with van der Waals surface area (Å²) in [6.45, 7) is 6.29. The van der Waals surface area contributed by atoms with Gasteiger partial charge in [-0.1, -0.05) is 26.8 Å². The number of nitrogens with zero attached hydrogens (tertiary/aromatic N) is 2. The summed E-state index contributed by atoms with van der Waals surface area (Å²) in [6.07, 6.45) is 0. The van der Waals surface area contributed by atoms with Crippen LogP contribution < -0.4 is 5.73 Å². The standard InChI is InChI=1S/C15H17FIN3S/c1-15(2,3)13-12(17)14(18)20-11(19-13)8-21-10-6-4-5-9(16)7-10/h4-7H,8H2,1-3H3,(H2,18,19,20). The van der Waals surface area contributed by atoms with E-state index in [0.29, 0.717) is 17.4 Å². The smallest absolute Gasteiger partial charge is 0.141 e. The third kappa shape index (κ3) is 4.29. The number of halogens is 2. The maximum absolute atomic E-state index is 13.2. The molecule has 0 aliphatic rings. The summed E-state index contributed by atoms with van der Waals surface area (Å²) in [5.41, 5.74) is 6.84. The number of nitrogens with two attached hydrogens (primary N) is 1. The van der Waals surface area contributed by atoms with Gasteiger partial charge in [0.25, 0.3) is 0 Å². The van der Waals surface area contributed by atoms with Crippen LogP contribution in [0.1, 0.15) is 32.3 Å². The molecule has 6 heteroatoms. The summed E-state index contributed by atoms with van der Waals surface area (Å²) < 4.78 is 14.1. The zero-order chi connectivity index (χ0) is 15.6. The summed E-state index contributed by atoms with van der Waals surface area (Å²) >= 11 is 3.68. The Labute approximate surface area is 142 Å². The van der Waals surface area contributed by atoms with E-state index in [9.17, 15) is 4.39 Å². The molecule has 0 amide bonds. The number of rotatable bonds is 3. The Kier molecular flexibility index (Phi) is 5.08. The van der Waals surface area contributed by atoms with Crippen LogP contribution in [0.25, 0.3) is 0 Å². The van der Waals surface area contributed by atoms with Crippen LogP contribution in [0.15, 0.2) is 29.2 Å². The summed E-state index contributed by atoms with van der Waals surface area (Å²) in [5.74, 6) is 1.50. The maximum atomic E-state index is 13.2. The van der Waals surface area contributed by atoms with Crippen molar-refractivity contribution in [3.05, 3.63) is 45.2 Å². The molecule has 1 aromatic heterocycles. The molecule has 1 heterocycles. The third-order valence-corrected chi connectivity index (χ3v) is 4.85. The highest BCUT2D eigenvalue weighted by molar-refractivity contribution is 14.1. The first-order valence-electron chi connectivity index (χ1n) is 6.48. The molecule has 2 rings (SSSR count). The fourth-order valence-electron chi connectivity index (χ4n) is 1.78. The zero-order valence-electron chi connectivity index (χ0n) is 12.2. The Bertz CT molecular complexity index is 656. The van der Waals surface area contributed by atoms with Gasteiger partial charge in [-0.3, -0.25) is 0 Å². The molecule has 0 bridgehead atoms. The van der Waals surface area contributed by atoms with Crippen molar-refractivity contribution in [1.29, 1.82) is 0 Å². The molecule has 0 spiro atoms. The van der Waals surface area contributed by atoms with E-state index in [0.717, 1.165) is 14.2 Å². The Hall–Kier alpha value is -0.890. The number of benzene rings is 1. The van der Waals surface area contributed by atoms with E-state index in [2.05, 4.69) is 53.3 Å². The summed E-state index contributed by atoms with van der Waals surface area (Å²) in [5, 5.41) is 0. The Morgan fingerprint density at radius 2 is 2.00 bits per heavy atom. The molecular formula is C15H17FIN3S. The molecular weight excluding hydrogens is 400 g/mol. The van der Waals surface area contributed by atoms with Crippen LogP contribution in [-0.2, 0) is 11.2 Å². The highest BCUT2D eigenvalue weighted by atomic mass is 127. The van der Waals surface area contributed by atoms with Crippen molar-refractivity contribution in [3.63, 3.8) is 0 Å².